The van der Waals surface area contributed by atoms with E-state index in [2.05, 4.69) is 9.71 Å². The molecule has 0 atom stereocenters. The number of fused-ring (bicyclic) bond motifs is 1. The number of hydrogen-bond donors (Lipinski definition) is 1. The van der Waals surface area contributed by atoms with Gasteiger partial charge >= 0.3 is 0 Å². The Hall–Kier alpha value is -2.84. The number of sulfonamides is 1. The van der Waals surface area contributed by atoms with Crippen molar-refractivity contribution in [3.05, 3.63) is 60.2 Å². The smallest absolute Gasteiger partial charge is 0.240 e. The van der Waals surface area contributed by atoms with E-state index >= 15 is 0 Å². The van der Waals surface area contributed by atoms with Crippen LogP contribution in [0.15, 0.2) is 58.0 Å². The number of ether oxygens (including phenoxy) is 2. The predicted octanol–water partition coefficient (Wildman–Crippen LogP) is 2.86. The Kier molecular flexibility index (Phi) is 4.14. The van der Waals surface area contributed by atoms with E-state index in [0.717, 1.165) is 11.1 Å². The quantitative estimate of drug-likeness (QED) is 0.741. The summed E-state index contributed by atoms with van der Waals surface area (Å²) in [6.45, 7) is 2.09. The molecule has 8 heteroatoms. The van der Waals surface area contributed by atoms with Gasteiger partial charge in [-0.15, -0.1) is 0 Å². The van der Waals surface area contributed by atoms with E-state index in [4.69, 9.17) is 13.9 Å². The molecule has 1 N–H and O–H groups in total. The second kappa shape index (κ2) is 6.47. The average Bonchev–Trinajstić information content (AvgIpc) is 3.28. The largest absolute Gasteiger partial charge is 0.454 e. The molecule has 0 spiro atoms. The molecule has 1 aliphatic rings. The van der Waals surface area contributed by atoms with Crippen molar-refractivity contribution in [2.24, 2.45) is 0 Å². The number of hydrogen-bond acceptors (Lipinski definition) is 6. The number of rotatable bonds is 5. The maximum atomic E-state index is 12.5. The molecular weight excluding hydrogens is 356 g/mol. The summed E-state index contributed by atoms with van der Waals surface area (Å²) in [4.78, 5) is 4.41. The highest BCUT2D eigenvalue weighted by Gasteiger charge is 2.17. The normalized spacial score (nSPS) is 13.1. The third-order valence-electron chi connectivity index (χ3n) is 3.98. The van der Waals surface area contributed by atoms with Gasteiger partial charge in [0.25, 0.3) is 0 Å². The zero-order valence-corrected chi connectivity index (χ0v) is 14.7. The van der Waals surface area contributed by atoms with Gasteiger partial charge in [0.05, 0.1) is 4.90 Å². The van der Waals surface area contributed by atoms with Crippen LogP contribution >= 0.6 is 0 Å². The van der Waals surface area contributed by atoms with Crippen LogP contribution in [0.4, 0.5) is 0 Å². The van der Waals surface area contributed by atoms with Gasteiger partial charge in [-0.2, -0.15) is 0 Å². The minimum atomic E-state index is -3.63. The highest BCUT2D eigenvalue weighted by atomic mass is 32.2. The Morgan fingerprint density at radius 2 is 1.85 bits per heavy atom. The number of aryl methyl sites for hydroxylation is 1. The van der Waals surface area contributed by atoms with Gasteiger partial charge in [0.15, 0.2) is 17.4 Å². The van der Waals surface area contributed by atoms with Gasteiger partial charge < -0.3 is 13.9 Å². The molecule has 26 heavy (non-hydrogen) atoms. The van der Waals surface area contributed by atoms with Gasteiger partial charge in [-0.05, 0) is 29.8 Å². The van der Waals surface area contributed by atoms with Gasteiger partial charge in [0, 0.05) is 19.0 Å². The summed E-state index contributed by atoms with van der Waals surface area (Å²) in [6, 6.07) is 11.8. The van der Waals surface area contributed by atoms with Crippen molar-refractivity contribution in [1.82, 2.24) is 9.71 Å². The van der Waals surface area contributed by atoms with Crippen molar-refractivity contribution in [1.29, 1.82) is 0 Å². The predicted molar refractivity (Wildman–Crippen MR) is 93.3 cm³/mol. The topological polar surface area (TPSA) is 90.7 Å². The Labute approximate surface area is 150 Å². The SMILES string of the molecule is Cc1nc(-c2ccc(S(=O)(=O)NCc3ccc4c(c3)OCO4)cc2)co1. The average molecular weight is 372 g/mol. The maximum absolute atomic E-state index is 12.5. The van der Waals surface area contributed by atoms with Gasteiger partial charge in [0.2, 0.25) is 16.8 Å². The molecule has 0 saturated heterocycles. The molecule has 7 nitrogen and oxygen atoms in total. The van der Waals surface area contributed by atoms with Crippen LogP contribution in [0.5, 0.6) is 11.5 Å². The second-order valence-electron chi connectivity index (χ2n) is 5.79. The maximum Gasteiger partial charge on any atom is 0.240 e. The van der Waals surface area contributed by atoms with Crippen LogP contribution in [0.2, 0.25) is 0 Å². The van der Waals surface area contributed by atoms with Gasteiger partial charge in [0.1, 0.15) is 12.0 Å². The van der Waals surface area contributed by atoms with Crippen molar-refractivity contribution < 1.29 is 22.3 Å². The zero-order chi connectivity index (χ0) is 18.1. The number of aromatic nitrogens is 1. The third-order valence-corrected chi connectivity index (χ3v) is 5.40. The summed E-state index contributed by atoms with van der Waals surface area (Å²) in [6.07, 6.45) is 1.54. The minimum Gasteiger partial charge on any atom is -0.454 e. The second-order valence-corrected chi connectivity index (χ2v) is 7.56. The van der Waals surface area contributed by atoms with Crippen LogP contribution in [0.3, 0.4) is 0 Å². The lowest BCUT2D eigenvalue weighted by Gasteiger charge is -2.08. The molecule has 2 aromatic carbocycles. The number of nitrogens with zero attached hydrogens (tertiary/aromatic N) is 1. The Balaban J connectivity index is 1.48. The molecule has 0 aliphatic carbocycles. The summed E-state index contributed by atoms with van der Waals surface area (Å²) in [5.74, 6) is 1.84. The molecule has 0 unspecified atom stereocenters. The highest BCUT2D eigenvalue weighted by molar-refractivity contribution is 7.89. The summed E-state index contributed by atoms with van der Waals surface area (Å²) in [5, 5.41) is 0. The molecule has 134 valence electrons. The standard InChI is InChI=1S/C18H16N2O5S/c1-12-20-16(10-23-12)14-3-5-15(6-4-14)26(21,22)19-9-13-2-7-17-18(8-13)25-11-24-17/h2-8,10,19H,9,11H2,1H3. The van der Waals surface area contributed by atoms with E-state index in [9.17, 15) is 8.42 Å². The Bertz CT molecular complexity index is 1040. The van der Waals surface area contributed by atoms with E-state index in [0.29, 0.717) is 23.1 Å². The van der Waals surface area contributed by atoms with Gasteiger partial charge in [-0.3, -0.25) is 0 Å². The molecule has 0 radical (unpaired) electrons. The van der Waals surface area contributed by atoms with Crippen molar-refractivity contribution in [2.45, 2.75) is 18.4 Å². The highest BCUT2D eigenvalue weighted by Crippen LogP contribution is 2.32. The molecule has 2 heterocycles. The molecule has 0 amide bonds. The van der Waals surface area contributed by atoms with Crippen molar-refractivity contribution in [3.8, 4) is 22.8 Å². The summed E-state index contributed by atoms with van der Waals surface area (Å²) in [7, 11) is -3.63. The fraction of sp³-hybridized carbons (Fsp3) is 0.167. The number of benzene rings is 2. The van der Waals surface area contributed by atoms with E-state index in [1.165, 1.54) is 6.26 Å². The molecule has 0 saturated carbocycles. The first-order valence-electron chi connectivity index (χ1n) is 7.92. The van der Waals surface area contributed by atoms with Crippen LogP contribution in [0.1, 0.15) is 11.5 Å². The van der Waals surface area contributed by atoms with E-state index in [1.807, 2.05) is 0 Å². The molecular formula is C18H16N2O5S. The first-order chi connectivity index (χ1) is 12.5. The zero-order valence-electron chi connectivity index (χ0n) is 13.9. The van der Waals surface area contributed by atoms with Crippen LogP contribution in [-0.4, -0.2) is 20.2 Å². The fourth-order valence-corrected chi connectivity index (χ4v) is 3.63. The molecule has 3 aromatic rings. The van der Waals surface area contributed by atoms with E-state index in [1.54, 1.807) is 49.4 Å². The Morgan fingerprint density at radius 3 is 2.58 bits per heavy atom. The Morgan fingerprint density at radius 1 is 1.08 bits per heavy atom. The van der Waals surface area contributed by atoms with Crippen LogP contribution in [0.25, 0.3) is 11.3 Å². The minimum absolute atomic E-state index is 0.156. The molecule has 4 rings (SSSR count). The van der Waals surface area contributed by atoms with E-state index in [-0.39, 0.29) is 18.2 Å². The monoisotopic (exact) mass is 372 g/mol. The lowest BCUT2D eigenvalue weighted by molar-refractivity contribution is 0.174. The van der Waals surface area contributed by atoms with Crippen molar-refractivity contribution in [3.63, 3.8) is 0 Å². The van der Waals surface area contributed by atoms with Gasteiger partial charge in [-0.1, -0.05) is 18.2 Å². The van der Waals surface area contributed by atoms with Crippen molar-refractivity contribution in [2.75, 3.05) is 6.79 Å². The first-order valence-corrected chi connectivity index (χ1v) is 9.40. The van der Waals surface area contributed by atoms with Crippen LogP contribution in [0, 0.1) is 6.92 Å². The molecule has 1 aliphatic heterocycles. The molecule has 1 aromatic heterocycles. The first kappa shape index (κ1) is 16.6. The van der Waals surface area contributed by atoms with Crippen molar-refractivity contribution >= 4 is 10.0 Å². The summed E-state index contributed by atoms with van der Waals surface area (Å²) >= 11 is 0. The summed E-state index contributed by atoms with van der Waals surface area (Å²) < 4.78 is 43.3. The van der Waals surface area contributed by atoms with Crippen LogP contribution < -0.4 is 14.2 Å². The number of oxazole rings is 1. The lowest BCUT2D eigenvalue weighted by Crippen LogP contribution is -2.23. The molecule has 0 fully saturated rings. The summed E-state index contributed by atoms with van der Waals surface area (Å²) in [5.41, 5.74) is 2.24. The molecule has 0 bridgehead atoms. The third kappa shape index (κ3) is 3.29. The van der Waals surface area contributed by atoms with Gasteiger partial charge in [-0.25, -0.2) is 18.1 Å². The lowest BCUT2D eigenvalue weighted by atomic mass is 10.2. The van der Waals surface area contributed by atoms with E-state index < -0.39 is 10.0 Å². The fourth-order valence-electron chi connectivity index (χ4n) is 2.61. The number of nitrogens with one attached hydrogen (secondary N) is 1. The van der Waals surface area contributed by atoms with Crippen LogP contribution in [-0.2, 0) is 16.6 Å².